The van der Waals surface area contributed by atoms with Crippen LogP contribution in [-0.2, 0) is 13.1 Å². The Morgan fingerprint density at radius 2 is 2.31 bits per heavy atom. The molecule has 0 bridgehead atoms. The van der Waals surface area contributed by atoms with E-state index in [1.54, 1.807) is 10.6 Å². The maximum atomic E-state index is 11.9. The van der Waals surface area contributed by atoms with Gasteiger partial charge in [0.05, 0.1) is 0 Å². The number of hydrogen-bond donors (Lipinski definition) is 2. The van der Waals surface area contributed by atoms with Gasteiger partial charge < -0.3 is 11.1 Å². The second-order valence-electron chi connectivity index (χ2n) is 4.56. The van der Waals surface area contributed by atoms with Crippen molar-refractivity contribution in [3.63, 3.8) is 0 Å². The van der Waals surface area contributed by atoms with Crippen LogP contribution in [0.5, 0.6) is 0 Å². The lowest BCUT2D eigenvalue weighted by Crippen LogP contribution is -2.31. The second kappa shape index (κ2) is 4.29. The molecular weight excluding hydrogens is 202 g/mol. The second-order valence-corrected chi connectivity index (χ2v) is 4.56. The average Bonchev–Trinajstić information content (AvgIpc) is 2.29. The van der Waals surface area contributed by atoms with E-state index in [0.29, 0.717) is 12.5 Å². The van der Waals surface area contributed by atoms with Crippen LogP contribution in [0.4, 0.5) is 5.82 Å². The lowest BCUT2D eigenvalue weighted by Gasteiger charge is -2.25. The molecule has 0 aliphatic carbocycles. The highest BCUT2D eigenvalue weighted by Crippen LogP contribution is 2.25. The van der Waals surface area contributed by atoms with Crippen molar-refractivity contribution in [3.8, 4) is 0 Å². The number of aromatic nitrogens is 1. The van der Waals surface area contributed by atoms with Crippen molar-refractivity contribution in [2.75, 3.05) is 11.9 Å². The quantitative estimate of drug-likeness (QED) is 0.790. The molecule has 0 fully saturated rings. The molecule has 2 rings (SSSR count). The summed E-state index contributed by atoms with van der Waals surface area (Å²) in [4.78, 5) is 11.9. The van der Waals surface area contributed by atoms with Crippen molar-refractivity contribution < 1.29 is 0 Å². The molecule has 0 atom stereocenters. The van der Waals surface area contributed by atoms with Gasteiger partial charge in [0.15, 0.2) is 0 Å². The largest absolute Gasteiger partial charge is 0.371 e. The number of nitrogens with zero attached hydrogens (tertiary/aromatic N) is 1. The highest BCUT2D eigenvalue weighted by atomic mass is 16.1. The number of hydrogen-bond acceptors (Lipinski definition) is 3. The van der Waals surface area contributed by atoms with Gasteiger partial charge in [0.25, 0.3) is 5.56 Å². The van der Waals surface area contributed by atoms with Gasteiger partial charge in [0, 0.05) is 31.3 Å². The number of nitrogens with two attached hydrogens (primary N) is 1. The van der Waals surface area contributed by atoms with Crippen molar-refractivity contribution in [1.29, 1.82) is 0 Å². The Kier molecular flexibility index (Phi) is 3.01. The summed E-state index contributed by atoms with van der Waals surface area (Å²) in [5, 5.41) is 3.30. The highest BCUT2D eigenvalue weighted by molar-refractivity contribution is 5.51. The molecule has 3 N–H and O–H groups in total. The van der Waals surface area contributed by atoms with Crippen molar-refractivity contribution >= 4 is 5.82 Å². The van der Waals surface area contributed by atoms with Crippen LogP contribution < -0.4 is 16.6 Å². The fraction of sp³-hybridized carbons (Fsp3) is 0.583. The van der Waals surface area contributed by atoms with E-state index in [-0.39, 0.29) is 5.56 Å². The fourth-order valence-corrected chi connectivity index (χ4v) is 2.31. The lowest BCUT2D eigenvalue weighted by atomic mass is 9.97. The maximum Gasteiger partial charge on any atom is 0.252 e. The van der Waals surface area contributed by atoms with E-state index >= 15 is 0 Å². The minimum Gasteiger partial charge on any atom is -0.371 e. The summed E-state index contributed by atoms with van der Waals surface area (Å²) in [5.41, 5.74) is 8.06. The average molecular weight is 221 g/mol. The van der Waals surface area contributed by atoms with Crippen LogP contribution in [0, 0.1) is 0 Å². The lowest BCUT2D eigenvalue weighted by molar-refractivity contribution is 0.599. The molecule has 88 valence electrons. The summed E-state index contributed by atoms with van der Waals surface area (Å²) in [5.74, 6) is 1.27. The Hall–Kier alpha value is -1.29. The van der Waals surface area contributed by atoms with Gasteiger partial charge in [-0.25, -0.2) is 0 Å². The van der Waals surface area contributed by atoms with Gasteiger partial charge in [0.2, 0.25) is 0 Å². The van der Waals surface area contributed by atoms with E-state index < -0.39 is 0 Å². The van der Waals surface area contributed by atoms with E-state index in [1.807, 2.05) is 0 Å². The number of nitrogens with one attached hydrogen (secondary N) is 1. The molecule has 4 heteroatoms. The molecule has 0 amide bonds. The Bertz CT molecular complexity index is 448. The first-order valence-corrected chi connectivity index (χ1v) is 5.85. The van der Waals surface area contributed by atoms with Crippen LogP contribution in [0.1, 0.15) is 37.3 Å². The first kappa shape index (κ1) is 11.2. The van der Waals surface area contributed by atoms with Crippen LogP contribution in [0.2, 0.25) is 0 Å². The van der Waals surface area contributed by atoms with Gasteiger partial charge in [-0.05, 0) is 17.9 Å². The number of rotatable bonds is 2. The van der Waals surface area contributed by atoms with Crippen LogP contribution in [0.15, 0.2) is 10.9 Å². The first-order valence-electron chi connectivity index (χ1n) is 5.85. The van der Waals surface area contributed by atoms with Crippen molar-refractivity contribution in [2.24, 2.45) is 5.73 Å². The summed E-state index contributed by atoms with van der Waals surface area (Å²) < 4.78 is 1.80. The van der Waals surface area contributed by atoms with Gasteiger partial charge >= 0.3 is 0 Å². The summed E-state index contributed by atoms with van der Waals surface area (Å²) in [6, 6.07) is 1.74. The highest BCUT2D eigenvalue weighted by Gasteiger charge is 2.18. The van der Waals surface area contributed by atoms with Gasteiger partial charge in [0.1, 0.15) is 5.82 Å². The zero-order valence-corrected chi connectivity index (χ0v) is 9.92. The zero-order valence-electron chi connectivity index (χ0n) is 9.92. The molecule has 1 aromatic heterocycles. The Labute approximate surface area is 95.5 Å². The SMILES string of the molecule is CC(C)c1cc(=O)n2c(c1CN)NCCC2. The Morgan fingerprint density at radius 1 is 1.56 bits per heavy atom. The predicted molar refractivity (Wildman–Crippen MR) is 65.8 cm³/mol. The Balaban J connectivity index is 2.66. The summed E-state index contributed by atoms with van der Waals surface area (Å²) in [6.07, 6.45) is 0.998. The Morgan fingerprint density at radius 3 is 2.94 bits per heavy atom. The van der Waals surface area contributed by atoms with Crippen LogP contribution >= 0.6 is 0 Å². The van der Waals surface area contributed by atoms with E-state index in [4.69, 9.17) is 5.73 Å². The van der Waals surface area contributed by atoms with E-state index in [9.17, 15) is 4.79 Å². The first-order chi connectivity index (χ1) is 7.65. The minimum absolute atomic E-state index is 0.0862. The smallest absolute Gasteiger partial charge is 0.252 e. The minimum atomic E-state index is 0.0862. The summed E-state index contributed by atoms with van der Waals surface area (Å²) >= 11 is 0. The molecule has 1 aromatic rings. The normalized spacial score (nSPS) is 14.8. The van der Waals surface area contributed by atoms with Crippen molar-refractivity contribution in [1.82, 2.24) is 4.57 Å². The van der Waals surface area contributed by atoms with Gasteiger partial charge in [-0.3, -0.25) is 9.36 Å². The predicted octanol–water partition coefficient (Wildman–Crippen LogP) is 1.25. The third-order valence-electron chi connectivity index (χ3n) is 3.13. The van der Waals surface area contributed by atoms with Crippen LogP contribution in [-0.4, -0.2) is 11.1 Å². The van der Waals surface area contributed by atoms with E-state index in [1.165, 1.54) is 0 Å². The monoisotopic (exact) mass is 221 g/mol. The maximum absolute atomic E-state index is 11.9. The van der Waals surface area contributed by atoms with Crippen LogP contribution in [0.25, 0.3) is 0 Å². The summed E-state index contributed by atoms with van der Waals surface area (Å²) in [6.45, 7) is 6.39. The molecule has 0 unspecified atom stereocenters. The number of pyridine rings is 1. The molecule has 4 nitrogen and oxygen atoms in total. The van der Waals surface area contributed by atoms with Gasteiger partial charge in [-0.1, -0.05) is 13.8 Å². The molecule has 0 aromatic carbocycles. The zero-order chi connectivity index (χ0) is 11.7. The molecule has 0 saturated heterocycles. The molecule has 2 heterocycles. The molecule has 1 aliphatic rings. The van der Waals surface area contributed by atoms with Crippen LogP contribution in [0.3, 0.4) is 0 Å². The van der Waals surface area contributed by atoms with Gasteiger partial charge in [-0.15, -0.1) is 0 Å². The van der Waals surface area contributed by atoms with E-state index in [0.717, 1.165) is 36.5 Å². The molecule has 0 radical (unpaired) electrons. The van der Waals surface area contributed by atoms with Gasteiger partial charge in [-0.2, -0.15) is 0 Å². The molecule has 1 aliphatic heterocycles. The van der Waals surface area contributed by atoms with Crippen molar-refractivity contribution in [3.05, 3.63) is 27.5 Å². The fourth-order valence-electron chi connectivity index (χ4n) is 2.31. The number of fused-ring (bicyclic) bond motifs is 1. The third-order valence-corrected chi connectivity index (χ3v) is 3.13. The standard InChI is InChI=1S/C12H19N3O/c1-8(2)9-6-11(16)15-5-3-4-14-12(15)10(9)7-13/h6,8,14H,3-5,7,13H2,1-2H3. The molecule has 0 saturated carbocycles. The summed E-state index contributed by atoms with van der Waals surface area (Å²) in [7, 11) is 0. The molecule has 0 spiro atoms. The van der Waals surface area contributed by atoms with Crippen molar-refractivity contribution in [2.45, 2.75) is 39.3 Å². The molecule has 16 heavy (non-hydrogen) atoms. The number of anilines is 1. The molecular formula is C12H19N3O. The topological polar surface area (TPSA) is 60.0 Å². The van der Waals surface area contributed by atoms with E-state index in [2.05, 4.69) is 19.2 Å². The third kappa shape index (κ3) is 1.73.